The maximum atomic E-state index is 12.1. The van der Waals surface area contributed by atoms with Crippen LogP contribution < -0.4 is 10.1 Å². The first kappa shape index (κ1) is 16.6. The third-order valence-corrected chi connectivity index (χ3v) is 3.83. The van der Waals surface area contributed by atoms with E-state index in [0.717, 1.165) is 19.4 Å². The van der Waals surface area contributed by atoms with Crippen molar-refractivity contribution in [3.05, 3.63) is 53.5 Å². The van der Waals surface area contributed by atoms with Crippen molar-refractivity contribution in [1.29, 1.82) is 0 Å². The molecule has 2 heterocycles. The third kappa shape index (κ3) is 4.63. The molecule has 3 rings (SSSR count). The topological polar surface area (TPSA) is 60.7 Å². The van der Waals surface area contributed by atoms with Crippen molar-refractivity contribution >= 4 is 29.3 Å². The van der Waals surface area contributed by atoms with E-state index in [2.05, 4.69) is 5.32 Å². The first-order valence-electron chi connectivity index (χ1n) is 7.77. The van der Waals surface area contributed by atoms with E-state index in [1.807, 2.05) is 0 Å². The number of benzene rings is 1. The van der Waals surface area contributed by atoms with E-state index in [4.69, 9.17) is 25.5 Å². The number of anilines is 1. The molecule has 0 radical (unpaired) electrons. The Hall–Kier alpha value is -2.24. The monoisotopic (exact) mass is 347 g/mol. The summed E-state index contributed by atoms with van der Waals surface area (Å²) in [5, 5.41) is 3.29. The lowest BCUT2D eigenvalue weighted by Gasteiger charge is -2.15. The van der Waals surface area contributed by atoms with Gasteiger partial charge in [-0.05, 0) is 49.2 Å². The molecule has 1 N–H and O–H groups in total. The summed E-state index contributed by atoms with van der Waals surface area (Å²) >= 11 is 6.02. The Morgan fingerprint density at radius 1 is 1.42 bits per heavy atom. The Morgan fingerprint density at radius 2 is 2.33 bits per heavy atom. The molecule has 5 nitrogen and oxygen atoms in total. The molecule has 1 aromatic heterocycles. The second-order valence-corrected chi connectivity index (χ2v) is 5.86. The molecular weight excluding hydrogens is 330 g/mol. The standard InChI is InChI=1S/C18H18ClNO4/c19-13-5-7-17(24-12-15-4-2-10-23-15)16(11-13)20-18(21)8-6-14-3-1-9-22-14/h1,3,5-9,11,15H,2,4,10,12H2,(H,20,21)/b8-6+. The van der Waals surface area contributed by atoms with Gasteiger partial charge in [-0.25, -0.2) is 0 Å². The average molecular weight is 348 g/mol. The Bertz CT molecular complexity index is 706. The summed E-state index contributed by atoms with van der Waals surface area (Å²) in [4.78, 5) is 12.1. The molecule has 1 atom stereocenters. The van der Waals surface area contributed by atoms with Gasteiger partial charge >= 0.3 is 0 Å². The molecule has 2 aromatic rings. The summed E-state index contributed by atoms with van der Waals surface area (Å²) in [6.45, 7) is 1.22. The molecule has 1 unspecified atom stereocenters. The van der Waals surface area contributed by atoms with Gasteiger partial charge in [0.05, 0.1) is 18.1 Å². The molecule has 6 heteroatoms. The molecular formula is C18H18ClNO4. The van der Waals surface area contributed by atoms with Crippen molar-refractivity contribution in [2.45, 2.75) is 18.9 Å². The van der Waals surface area contributed by atoms with Gasteiger partial charge in [0.15, 0.2) is 0 Å². The van der Waals surface area contributed by atoms with Crippen LogP contribution in [0.15, 0.2) is 47.1 Å². The summed E-state index contributed by atoms with van der Waals surface area (Å²) in [5.41, 5.74) is 0.523. The van der Waals surface area contributed by atoms with Crippen molar-refractivity contribution in [1.82, 2.24) is 0 Å². The minimum Gasteiger partial charge on any atom is -0.489 e. The molecule has 1 amide bonds. The highest BCUT2D eigenvalue weighted by molar-refractivity contribution is 6.31. The van der Waals surface area contributed by atoms with Crippen LogP contribution in [0.3, 0.4) is 0 Å². The number of halogens is 1. The van der Waals surface area contributed by atoms with Crippen molar-refractivity contribution < 1.29 is 18.7 Å². The van der Waals surface area contributed by atoms with Crippen LogP contribution in [0.2, 0.25) is 5.02 Å². The Balaban J connectivity index is 1.64. The van der Waals surface area contributed by atoms with Crippen molar-refractivity contribution in [2.75, 3.05) is 18.5 Å². The molecule has 1 aromatic carbocycles. The molecule has 0 bridgehead atoms. The molecule has 1 saturated heterocycles. The van der Waals surface area contributed by atoms with Crippen LogP contribution in [0.25, 0.3) is 6.08 Å². The van der Waals surface area contributed by atoms with Crippen LogP contribution in [0.5, 0.6) is 5.75 Å². The molecule has 126 valence electrons. The van der Waals surface area contributed by atoms with Crippen LogP contribution in [0, 0.1) is 0 Å². The predicted octanol–water partition coefficient (Wildman–Crippen LogP) is 4.14. The lowest BCUT2D eigenvalue weighted by Crippen LogP contribution is -2.17. The smallest absolute Gasteiger partial charge is 0.248 e. The molecule has 1 aliphatic rings. The van der Waals surface area contributed by atoms with Gasteiger partial charge in [0.1, 0.15) is 18.1 Å². The van der Waals surface area contributed by atoms with Gasteiger partial charge < -0.3 is 19.2 Å². The molecule has 0 spiro atoms. The first-order chi connectivity index (χ1) is 11.7. The highest BCUT2D eigenvalue weighted by Crippen LogP contribution is 2.29. The fraction of sp³-hybridized carbons (Fsp3) is 0.278. The summed E-state index contributed by atoms with van der Waals surface area (Å²) in [7, 11) is 0. The first-order valence-corrected chi connectivity index (χ1v) is 8.15. The second-order valence-electron chi connectivity index (χ2n) is 5.42. The molecule has 0 saturated carbocycles. The summed E-state index contributed by atoms with van der Waals surface area (Å²) < 4.78 is 16.5. The fourth-order valence-electron chi connectivity index (χ4n) is 2.40. The maximum Gasteiger partial charge on any atom is 0.248 e. The van der Waals surface area contributed by atoms with Gasteiger partial charge in [0.2, 0.25) is 5.91 Å². The zero-order valence-corrected chi connectivity index (χ0v) is 13.8. The Kier molecular flexibility index (Phi) is 5.56. The van der Waals surface area contributed by atoms with Gasteiger partial charge in [0, 0.05) is 17.7 Å². The second kappa shape index (κ2) is 8.04. The van der Waals surface area contributed by atoms with Gasteiger partial charge in [-0.2, -0.15) is 0 Å². The lowest BCUT2D eigenvalue weighted by molar-refractivity contribution is -0.111. The number of nitrogens with one attached hydrogen (secondary N) is 1. The van der Waals surface area contributed by atoms with Gasteiger partial charge in [-0.3, -0.25) is 4.79 Å². The highest BCUT2D eigenvalue weighted by atomic mass is 35.5. The molecule has 1 fully saturated rings. The fourth-order valence-corrected chi connectivity index (χ4v) is 2.57. The number of hydrogen-bond acceptors (Lipinski definition) is 4. The Labute approximate surface area is 145 Å². The van der Waals surface area contributed by atoms with Crippen molar-refractivity contribution in [3.63, 3.8) is 0 Å². The zero-order chi connectivity index (χ0) is 16.8. The quantitative estimate of drug-likeness (QED) is 0.798. The van der Waals surface area contributed by atoms with E-state index in [0.29, 0.717) is 28.8 Å². The van der Waals surface area contributed by atoms with Gasteiger partial charge in [-0.1, -0.05) is 11.6 Å². The Morgan fingerprint density at radius 3 is 3.08 bits per heavy atom. The summed E-state index contributed by atoms with van der Waals surface area (Å²) in [6, 6.07) is 8.64. The lowest BCUT2D eigenvalue weighted by atomic mass is 10.2. The number of amides is 1. The number of ether oxygens (including phenoxy) is 2. The van der Waals surface area contributed by atoms with Crippen LogP contribution in [0.1, 0.15) is 18.6 Å². The summed E-state index contributed by atoms with van der Waals surface area (Å²) in [6.07, 6.45) is 6.67. The van der Waals surface area contributed by atoms with E-state index in [-0.39, 0.29) is 12.0 Å². The molecule has 0 aliphatic carbocycles. The van der Waals surface area contributed by atoms with Crippen molar-refractivity contribution in [2.24, 2.45) is 0 Å². The van der Waals surface area contributed by atoms with Crippen LogP contribution in [-0.4, -0.2) is 25.2 Å². The number of carbonyl (C=O) groups is 1. The van der Waals surface area contributed by atoms with E-state index in [1.165, 1.54) is 6.08 Å². The van der Waals surface area contributed by atoms with E-state index in [9.17, 15) is 4.79 Å². The number of hydrogen-bond donors (Lipinski definition) is 1. The van der Waals surface area contributed by atoms with Crippen molar-refractivity contribution in [3.8, 4) is 5.75 Å². The van der Waals surface area contributed by atoms with Gasteiger partial charge in [0.25, 0.3) is 0 Å². The highest BCUT2D eigenvalue weighted by Gasteiger charge is 2.17. The number of furan rings is 1. The SMILES string of the molecule is O=C(/C=C/c1ccco1)Nc1cc(Cl)ccc1OCC1CCCO1. The van der Waals surface area contributed by atoms with E-state index >= 15 is 0 Å². The number of carbonyl (C=O) groups excluding carboxylic acids is 1. The van der Waals surface area contributed by atoms with Gasteiger partial charge in [-0.15, -0.1) is 0 Å². The summed E-state index contributed by atoms with van der Waals surface area (Å²) in [5.74, 6) is 0.872. The molecule has 24 heavy (non-hydrogen) atoms. The minimum atomic E-state index is -0.296. The van der Waals surface area contributed by atoms with Crippen LogP contribution >= 0.6 is 11.6 Å². The predicted molar refractivity (Wildman–Crippen MR) is 92.3 cm³/mol. The normalized spacial score (nSPS) is 17.3. The zero-order valence-electron chi connectivity index (χ0n) is 13.0. The minimum absolute atomic E-state index is 0.100. The van der Waals surface area contributed by atoms with Crippen LogP contribution in [-0.2, 0) is 9.53 Å². The largest absolute Gasteiger partial charge is 0.489 e. The average Bonchev–Trinajstić information content (AvgIpc) is 3.26. The molecule has 1 aliphatic heterocycles. The van der Waals surface area contributed by atoms with E-state index < -0.39 is 0 Å². The third-order valence-electron chi connectivity index (χ3n) is 3.59. The van der Waals surface area contributed by atoms with E-state index in [1.54, 1.807) is 42.7 Å². The number of rotatable bonds is 6. The maximum absolute atomic E-state index is 12.1. The van der Waals surface area contributed by atoms with Crippen LogP contribution in [0.4, 0.5) is 5.69 Å².